The Balaban J connectivity index is 1.75. The smallest absolute Gasteiger partial charge is 0.218 e. The third-order valence-electron chi connectivity index (χ3n) is 6.57. The van der Waals surface area contributed by atoms with E-state index in [1.165, 1.54) is 6.20 Å². The number of hydrogen-bond donors (Lipinski definition) is 0. The molecule has 5 nitrogen and oxygen atoms in total. The van der Waals surface area contributed by atoms with Crippen LogP contribution in [0.15, 0.2) is 79.0 Å². The molecule has 2 aliphatic rings. The Bertz CT molecular complexity index is 1150. The van der Waals surface area contributed by atoms with Crippen molar-refractivity contribution in [3.8, 4) is 0 Å². The molecule has 7 heteroatoms. The van der Waals surface area contributed by atoms with Gasteiger partial charge in [-0.2, -0.15) is 4.39 Å². The van der Waals surface area contributed by atoms with Gasteiger partial charge in [-0.15, -0.1) is 0 Å². The van der Waals surface area contributed by atoms with Crippen molar-refractivity contribution in [1.82, 2.24) is 4.98 Å². The summed E-state index contributed by atoms with van der Waals surface area (Å²) in [6.45, 7) is 10.1. The molecule has 0 N–H and O–H groups in total. The highest BCUT2D eigenvalue weighted by molar-refractivity contribution is 6.87. The van der Waals surface area contributed by atoms with Crippen molar-refractivity contribution in [2.45, 2.75) is 69.5 Å². The second-order valence-corrected chi connectivity index (χ2v) is 13.4. The highest BCUT2D eigenvalue weighted by Crippen LogP contribution is 2.51. The molecule has 1 radical (unpaired) electrons. The van der Waals surface area contributed by atoms with E-state index in [9.17, 15) is 0 Å². The van der Waals surface area contributed by atoms with Crippen LogP contribution in [-0.4, -0.2) is 50.1 Å². The van der Waals surface area contributed by atoms with Crippen molar-refractivity contribution in [2.75, 3.05) is 6.61 Å². The van der Waals surface area contributed by atoms with Gasteiger partial charge in [-0.25, -0.2) is 4.98 Å². The summed E-state index contributed by atoms with van der Waals surface area (Å²) in [4.78, 5) is 4.04. The predicted octanol–water partition coefficient (Wildman–Crippen LogP) is 4.00. The Kier molecular flexibility index (Phi) is 6.64. The van der Waals surface area contributed by atoms with Crippen LogP contribution in [0.25, 0.3) is 0 Å². The first-order chi connectivity index (χ1) is 17.1. The first-order valence-corrected chi connectivity index (χ1v) is 13.9. The lowest BCUT2D eigenvalue weighted by atomic mass is 10.0. The molecule has 3 heterocycles. The van der Waals surface area contributed by atoms with Crippen molar-refractivity contribution in [3.05, 3.63) is 90.5 Å². The average molecular weight is 507 g/mol. The molecule has 5 rings (SSSR count). The highest BCUT2D eigenvalue weighted by Gasteiger charge is 2.68. The van der Waals surface area contributed by atoms with Crippen LogP contribution in [0.2, 0.25) is 0 Å². The number of nitrogens with zero attached hydrogens (tertiary/aromatic N) is 1. The van der Waals surface area contributed by atoms with E-state index < -0.39 is 44.1 Å². The number of aromatic nitrogens is 1. The minimum atomic E-state index is -1.86. The Hall–Kier alpha value is -2.42. The summed E-state index contributed by atoms with van der Waals surface area (Å²) in [5.41, 5.74) is 0.0202. The van der Waals surface area contributed by atoms with E-state index in [4.69, 9.17) is 18.9 Å². The quantitative estimate of drug-likeness (QED) is 0.374. The minimum absolute atomic E-state index is 0.298. The van der Waals surface area contributed by atoms with Crippen molar-refractivity contribution in [3.63, 3.8) is 0 Å². The molecule has 0 saturated carbocycles. The summed E-state index contributed by atoms with van der Waals surface area (Å²) in [6, 6.07) is 23.9. The fourth-order valence-corrected chi connectivity index (χ4v) is 8.71. The van der Waals surface area contributed by atoms with Gasteiger partial charge in [0.25, 0.3) is 0 Å². The van der Waals surface area contributed by atoms with Crippen LogP contribution in [0.4, 0.5) is 4.39 Å². The van der Waals surface area contributed by atoms with Crippen LogP contribution in [0.1, 0.15) is 40.2 Å². The maximum Gasteiger partial charge on any atom is 0.218 e. The fraction of sp³-hybridized carbons (Fsp3) is 0.414. The van der Waals surface area contributed by atoms with Gasteiger partial charge in [-0.05, 0) is 40.7 Å². The fourth-order valence-electron chi connectivity index (χ4n) is 5.23. The summed E-state index contributed by atoms with van der Waals surface area (Å²) in [7, 11) is -1.86. The van der Waals surface area contributed by atoms with Gasteiger partial charge >= 0.3 is 0 Å². The summed E-state index contributed by atoms with van der Waals surface area (Å²) in [5, 5.41) is 1.01. The Morgan fingerprint density at radius 1 is 0.889 bits per heavy atom. The normalized spacial score (nSPS) is 27.4. The number of rotatable bonds is 6. The van der Waals surface area contributed by atoms with Gasteiger partial charge in [-0.3, -0.25) is 0 Å². The van der Waals surface area contributed by atoms with Crippen LogP contribution >= 0.6 is 0 Å². The molecular formula is C29H33FNO4Si. The molecule has 2 aliphatic heterocycles. The second kappa shape index (κ2) is 9.47. The summed E-state index contributed by atoms with van der Waals surface area (Å²) >= 11 is 0. The lowest BCUT2D eigenvalue weighted by Crippen LogP contribution is -2.64. The lowest BCUT2D eigenvalue weighted by Gasteiger charge is -2.41. The third-order valence-corrected chi connectivity index (χ3v) is 9.81. The van der Waals surface area contributed by atoms with E-state index >= 15 is 4.39 Å². The van der Waals surface area contributed by atoms with Crippen molar-refractivity contribution in [1.29, 1.82) is 0 Å². The van der Waals surface area contributed by atoms with Crippen LogP contribution in [-0.2, 0) is 24.2 Å². The molecule has 2 fully saturated rings. The van der Waals surface area contributed by atoms with Crippen LogP contribution < -0.4 is 10.4 Å². The minimum Gasteiger partial charge on any atom is -0.373 e. The molecule has 4 atom stereocenters. The summed E-state index contributed by atoms with van der Waals surface area (Å²) in [5.74, 6) is -1.42. The third kappa shape index (κ3) is 4.66. The number of pyridine rings is 1. The van der Waals surface area contributed by atoms with Gasteiger partial charge in [0.2, 0.25) is 5.95 Å². The molecular weight excluding hydrogens is 473 g/mol. The molecule has 189 valence electrons. The van der Waals surface area contributed by atoms with Gasteiger partial charge in [0.05, 0.1) is 12.2 Å². The lowest BCUT2D eigenvalue weighted by molar-refractivity contribution is -0.205. The molecule has 0 amide bonds. The average Bonchev–Trinajstić information content (AvgIpc) is 3.31. The number of hydrogen-bond acceptors (Lipinski definition) is 5. The summed E-state index contributed by atoms with van der Waals surface area (Å²) in [6.07, 6.45) is 0.0125. The number of fused-ring (bicyclic) bond motifs is 1. The molecule has 0 unspecified atom stereocenters. The van der Waals surface area contributed by atoms with Gasteiger partial charge in [0.1, 0.15) is 23.5 Å². The van der Waals surface area contributed by atoms with Crippen molar-refractivity contribution in [2.24, 2.45) is 0 Å². The first-order valence-electron chi connectivity index (χ1n) is 12.4. The number of ether oxygens (including phenoxy) is 4. The molecule has 0 spiro atoms. The van der Waals surface area contributed by atoms with Gasteiger partial charge < -0.3 is 18.9 Å². The second-order valence-electron chi connectivity index (χ2n) is 10.8. The standard InChI is InChI=1S/C29H33FNO4Si/c1-27(2,3)32-19-23-24-25(35-28(4,5)34-24)29(33-23,22-17-12-18-31-26(22)30)36(20-13-8-6-9-14-20)21-15-10-7-11-16-21/h6-18,23-25H,19H2,1-5H3/t23-,24+,25+,29-/m0/s1. The van der Waals surface area contributed by atoms with Crippen LogP contribution in [0.5, 0.6) is 0 Å². The molecule has 2 saturated heterocycles. The molecule has 0 bridgehead atoms. The van der Waals surface area contributed by atoms with Crippen LogP contribution in [0.3, 0.4) is 0 Å². The molecule has 2 aromatic carbocycles. The monoisotopic (exact) mass is 506 g/mol. The van der Waals surface area contributed by atoms with E-state index in [2.05, 4.69) is 29.2 Å². The summed E-state index contributed by atoms with van der Waals surface area (Å²) < 4.78 is 42.0. The van der Waals surface area contributed by atoms with Gasteiger partial charge in [0, 0.05) is 11.8 Å². The maximum absolute atomic E-state index is 15.7. The van der Waals surface area contributed by atoms with E-state index in [0.29, 0.717) is 12.2 Å². The predicted molar refractivity (Wildman–Crippen MR) is 138 cm³/mol. The van der Waals surface area contributed by atoms with E-state index in [0.717, 1.165) is 10.4 Å². The zero-order valence-corrected chi connectivity index (χ0v) is 22.4. The van der Waals surface area contributed by atoms with Gasteiger partial charge in [0.15, 0.2) is 14.6 Å². The largest absolute Gasteiger partial charge is 0.373 e. The number of benzene rings is 2. The molecule has 0 aliphatic carbocycles. The van der Waals surface area contributed by atoms with Crippen molar-refractivity contribution >= 4 is 19.2 Å². The first kappa shape index (κ1) is 25.2. The molecule has 36 heavy (non-hydrogen) atoms. The van der Waals surface area contributed by atoms with Crippen LogP contribution in [0, 0.1) is 5.95 Å². The highest BCUT2D eigenvalue weighted by atomic mass is 28.3. The van der Waals surface area contributed by atoms with Gasteiger partial charge in [-0.1, -0.05) is 77.1 Å². The van der Waals surface area contributed by atoms with E-state index in [-0.39, 0.29) is 5.60 Å². The molecule has 1 aromatic heterocycles. The Morgan fingerprint density at radius 3 is 2.06 bits per heavy atom. The Labute approximate surface area is 214 Å². The zero-order chi connectivity index (χ0) is 25.6. The topological polar surface area (TPSA) is 49.8 Å². The molecule has 3 aromatic rings. The van der Waals surface area contributed by atoms with E-state index in [1.54, 1.807) is 12.1 Å². The SMILES string of the molecule is CC(C)(C)OC[C@@H]1O[C@@](c2cccnc2F)([Si](c2ccccc2)c2ccccc2)[C@@H]2OC(C)(C)O[C@H]12. The number of halogens is 1. The Morgan fingerprint density at radius 2 is 1.50 bits per heavy atom. The van der Waals surface area contributed by atoms with E-state index in [1.807, 2.05) is 71.0 Å². The maximum atomic E-state index is 15.7. The van der Waals surface area contributed by atoms with Crippen molar-refractivity contribution < 1.29 is 23.3 Å². The zero-order valence-electron chi connectivity index (χ0n) is 21.4.